The van der Waals surface area contributed by atoms with Gasteiger partial charge in [0, 0.05) is 11.1 Å². The lowest BCUT2D eigenvalue weighted by molar-refractivity contribution is 0.0797. The molecule has 0 fully saturated rings. The Labute approximate surface area is 156 Å². The molecule has 3 nitrogen and oxygen atoms in total. The smallest absolute Gasteiger partial charge is 0.173 e. The van der Waals surface area contributed by atoms with Gasteiger partial charge in [0.1, 0.15) is 5.75 Å². The molecule has 2 aromatic rings. The van der Waals surface area contributed by atoms with Crippen molar-refractivity contribution in [2.24, 2.45) is 5.92 Å². The second-order valence-electron chi connectivity index (χ2n) is 7.59. The SMILES string of the molecule is CCCC(C(=O)c1ccc(OC)cc1)C(=O)c1ccccc1C(C)(C)C. The van der Waals surface area contributed by atoms with Crippen LogP contribution in [0.1, 0.15) is 66.8 Å². The van der Waals surface area contributed by atoms with E-state index in [1.807, 2.05) is 31.2 Å². The number of methoxy groups -OCH3 is 1. The quantitative estimate of drug-likeness (QED) is 0.490. The van der Waals surface area contributed by atoms with E-state index >= 15 is 0 Å². The van der Waals surface area contributed by atoms with Crippen LogP contribution in [0.2, 0.25) is 0 Å². The summed E-state index contributed by atoms with van der Waals surface area (Å²) in [4.78, 5) is 26.3. The monoisotopic (exact) mass is 352 g/mol. The summed E-state index contributed by atoms with van der Waals surface area (Å²) < 4.78 is 5.15. The molecule has 26 heavy (non-hydrogen) atoms. The molecule has 0 saturated carbocycles. The highest BCUT2D eigenvalue weighted by atomic mass is 16.5. The van der Waals surface area contributed by atoms with Crippen LogP contribution in [0, 0.1) is 5.92 Å². The third-order valence-electron chi connectivity index (χ3n) is 4.59. The van der Waals surface area contributed by atoms with Gasteiger partial charge in [-0.3, -0.25) is 9.59 Å². The maximum Gasteiger partial charge on any atom is 0.173 e. The summed E-state index contributed by atoms with van der Waals surface area (Å²) in [5.74, 6) is -0.170. The second-order valence-corrected chi connectivity index (χ2v) is 7.59. The van der Waals surface area contributed by atoms with Gasteiger partial charge in [-0.1, -0.05) is 58.4 Å². The van der Waals surface area contributed by atoms with Crippen LogP contribution in [0.15, 0.2) is 48.5 Å². The first-order valence-electron chi connectivity index (χ1n) is 9.11. The number of Topliss-reactive ketones (excluding diaryl/α,β-unsaturated/α-hetero) is 2. The minimum Gasteiger partial charge on any atom is -0.497 e. The fourth-order valence-corrected chi connectivity index (χ4v) is 3.17. The Hall–Kier alpha value is -2.42. The lowest BCUT2D eigenvalue weighted by Crippen LogP contribution is -2.27. The van der Waals surface area contributed by atoms with Gasteiger partial charge in [-0.25, -0.2) is 0 Å². The largest absolute Gasteiger partial charge is 0.497 e. The van der Waals surface area contributed by atoms with Gasteiger partial charge in [0.25, 0.3) is 0 Å². The summed E-state index contributed by atoms with van der Waals surface area (Å²) >= 11 is 0. The van der Waals surface area contributed by atoms with Crippen molar-refractivity contribution in [3.05, 3.63) is 65.2 Å². The maximum atomic E-state index is 13.3. The molecule has 0 N–H and O–H groups in total. The van der Waals surface area contributed by atoms with Crippen LogP contribution in [0.25, 0.3) is 0 Å². The van der Waals surface area contributed by atoms with Crippen molar-refractivity contribution in [3.63, 3.8) is 0 Å². The maximum absolute atomic E-state index is 13.3. The Morgan fingerprint density at radius 1 is 0.962 bits per heavy atom. The number of ketones is 2. The van der Waals surface area contributed by atoms with E-state index < -0.39 is 5.92 Å². The first-order chi connectivity index (χ1) is 12.3. The zero-order valence-electron chi connectivity index (χ0n) is 16.3. The topological polar surface area (TPSA) is 43.4 Å². The summed E-state index contributed by atoms with van der Waals surface area (Å²) in [7, 11) is 1.59. The van der Waals surface area contributed by atoms with E-state index in [2.05, 4.69) is 20.8 Å². The van der Waals surface area contributed by atoms with Crippen molar-refractivity contribution in [2.45, 2.75) is 46.0 Å². The minimum absolute atomic E-state index is 0.0850. The number of hydrogen-bond acceptors (Lipinski definition) is 3. The molecule has 0 aliphatic carbocycles. The summed E-state index contributed by atoms with van der Waals surface area (Å²) in [6.45, 7) is 8.24. The van der Waals surface area contributed by atoms with Gasteiger partial charge in [-0.2, -0.15) is 0 Å². The van der Waals surface area contributed by atoms with Crippen LogP contribution in [0.4, 0.5) is 0 Å². The molecule has 3 heteroatoms. The first-order valence-corrected chi connectivity index (χ1v) is 9.11. The van der Waals surface area contributed by atoms with Gasteiger partial charge in [-0.15, -0.1) is 0 Å². The van der Waals surface area contributed by atoms with E-state index in [0.29, 0.717) is 23.3 Å². The zero-order valence-corrected chi connectivity index (χ0v) is 16.3. The molecule has 1 unspecified atom stereocenters. The van der Waals surface area contributed by atoms with Crippen molar-refractivity contribution >= 4 is 11.6 Å². The zero-order chi connectivity index (χ0) is 19.3. The third kappa shape index (κ3) is 4.40. The average Bonchev–Trinajstić information content (AvgIpc) is 2.64. The van der Waals surface area contributed by atoms with Crippen LogP contribution in [-0.4, -0.2) is 18.7 Å². The number of carbonyl (C=O) groups is 2. The third-order valence-corrected chi connectivity index (χ3v) is 4.59. The van der Waals surface area contributed by atoms with E-state index in [4.69, 9.17) is 4.74 Å². The predicted molar refractivity (Wildman–Crippen MR) is 105 cm³/mol. The molecule has 0 aliphatic heterocycles. The normalized spacial score (nSPS) is 12.5. The molecule has 1 atom stereocenters. The Bertz CT molecular complexity index is 767. The molecule has 0 aromatic heterocycles. The Morgan fingerprint density at radius 3 is 2.12 bits per heavy atom. The lowest BCUT2D eigenvalue weighted by Gasteiger charge is -2.24. The molecule has 0 amide bonds. The molecule has 0 saturated heterocycles. The van der Waals surface area contributed by atoms with Crippen molar-refractivity contribution in [1.82, 2.24) is 0 Å². The van der Waals surface area contributed by atoms with E-state index in [1.54, 1.807) is 31.4 Å². The summed E-state index contributed by atoms with van der Waals surface area (Å²) in [5, 5.41) is 0. The first kappa shape index (κ1) is 19.9. The lowest BCUT2D eigenvalue weighted by atomic mass is 9.78. The van der Waals surface area contributed by atoms with E-state index in [9.17, 15) is 9.59 Å². The van der Waals surface area contributed by atoms with Crippen LogP contribution in [0.5, 0.6) is 5.75 Å². The standard InChI is InChI=1S/C23H28O3/c1-6-9-19(21(24)16-12-14-17(26-5)15-13-16)22(25)18-10-7-8-11-20(18)23(2,3)4/h7-8,10-15,19H,6,9H2,1-5H3. The number of benzene rings is 2. The van der Waals surface area contributed by atoms with Crippen molar-refractivity contribution in [1.29, 1.82) is 0 Å². The molecule has 2 rings (SSSR count). The number of rotatable bonds is 7. The molecular weight excluding hydrogens is 324 g/mol. The van der Waals surface area contributed by atoms with Gasteiger partial charge in [0.05, 0.1) is 13.0 Å². The fourth-order valence-electron chi connectivity index (χ4n) is 3.17. The predicted octanol–water partition coefficient (Wildman–Crippen LogP) is 5.47. The Balaban J connectivity index is 2.40. The van der Waals surface area contributed by atoms with E-state index in [1.165, 1.54) is 0 Å². The van der Waals surface area contributed by atoms with Crippen LogP contribution >= 0.6 is 0 Å². The van der Waals surface area contributed by atoms with Crippen molar-refractivity contribution < 1.29 is 14.3 Å². The molecule has 2 aromatic carbocycles. The van der Waals surface area contributed by atoms with Crippen LogP contribution < -0.4 is 4.74 Å². The molecule has 0 radical (unpaired) electrons. The Morgan fingerprint density at radius 2 is 1.58 bits per heavy atom. The van der Waals surface area contributed by atoms with Gasteiger partial charge in [0.15, 0.2) is 11.6 Å². The number of hydrogen-bond donors (Lipinski definition) is 0. The van der Waals surface area contributed by atoms with Gasteiger partial charge in [0.2, 0.25) is 0 Å². The number of carbonyl (C=O) groups excluding carboxylic acids is 2. The van der Waals surface area contributed by atoms with Crippen molar-refractivity contribution in [3.8, 4) is 5.75 Å². The fraction of sp³-hybridized carbons (Fsp3) is 0.391. The molecule has 0 spiro atoms. The van der Waals surface area contributed by atoms with E-state index in [-0.39, 0.29) is 17.0 Å². The highest BCUT2D eigenvalue weighted by Gasteiger charge is 2.31. The number of ether oxygens (including phenoxy) is 1. The molecule has 138 valence electrons. The summed E-state index contributed by atoms with van der Waals surface area (Å²) in [6.07, 6.45) is 1.32. The minimum atomic E-state index is -0.656. The second kappa shape index (κ2) is 8.31. The van der Waals surface area contributed by atoms with Crippen molar-refractivity contribution in [2.75, 3.05) is 7.11 Å². The van der Waals surface area contributed by atoms with Gasteiger partial charge in [-0.05, 0) is 41.7 Å². The Kier molecular flexibility index (Phi) is 6.36. The van der Waals surface area contributed by atoms with Crippen LogP contribution in [-0.2, 0) is 5.41 Å². The van der Waals surface area contributed by atoms with Crippen LogP contribution in [0.3, 0.4) is 0 Å². The molecular formula is C23H28O3. The van der Waals surface area contributed by atoms with E-state index in [0.717, 1.165) is 12.0 Å². The average molecular weight is 352 g/mol. The summed E-state index contributed by atoms with van der Waals surface area (Å²) in [5.41, 5.74) is 2.02. The molecule has 0 bridgehead atoms. The van der Waals surface area contributed by atoms with Gasteiger partial charge >= 0.3 is 0 Å². The molecule has 0 aliphatic rings. The highest BCUT2D eigenvalue weighted by molar-refractivity contribution is 6.16. The molecule has 0 heterocycles. The summed E-state index contributed by atoms with van der Waals surface area (Å²) in [6, 6.07) is 14.6. The highest BCUT2D eigenvalue weighted by Crippen LogP contribution is 2.29. The van der Waals surface area contributed by atoms with Gasteiger partial charge < -0.3 is 4.74 Å².